The van der Waals surface area contributed by atoms with Crippen LogP contribution in [-0.2, 0) is 14.3 Å². The summed E-state index contributed by atoms with van der Waals surface area (Å²) in [6, 6.07) is 5.37. The maximum absolute atomic E-state index is 12.6. The zero-order chi connectivity index (χ0) is 13.1. The molecule has 1 aromatic rings. The van der Waals surface area contributed by atoms with E-state index in [0.717, 1.165) is 6.42 Å². The minimum Gasteiger partial charge on any atom is -0.455 e. The van der Waals surface area contributed by atoms with Crippen LogP contribution in [0.4, 0.5) is 10.1 Å². The Labute approximate surface area is 104 Å². The van der Waals surface area contributed by atoms with E-state index in [1.54, 1.807) is 0 Å². The van der Waals surface area contributed by atoms with Crippen LogP contribution in [0.2, 0.25) is 0 Å². The third-order valence-corrected chi connectivity index (χ3v) is 2.89. The van der Waals surface area contributed by atoms with Crippen molar-refractivity contribution in [3.8, 4) is 0 Å². The monoisotopic (exact) mass is 251 g/mol. The van der Waals surface area contributed by atoms with E-state index in [-0.39, 0.29) is 24.3 Å². The summed E-state index contributed by atoms with van der Waals surface area (Å²) < 4.78 is 17.5. The number of carbonyl (C=O) groups is 2. The van der Waals surface area contributed by atoms with Crippen LogP contribution in [0.3, 0.4) is 0 Å². The lowest BCUT2D eigenvalue weighted by Crippen LogP contribution is -2.21. The number of carbonyl (C=O) groups excluding carboxylic acids is 2. The van der Waals surface area contributed by atoms with Crippen LogP contribution in [0.5, 0.6) is 0 Å². The van der Waals surface area contributed by atoms with Crippen molar-refractivity contribution in [2.45, 2.75) is 13.3 Å². The molecule has 1 fully saturated rings. The van der Waals surface area contributed by atoms with Gasteiger partial charge in [-0.1, -0.05) is 6.92 Å². The summed E-state index contributed by atoms with van der Waals surface area (Å²) in [4.78, 5) is 22.8. The van der Waals surface area contributed by atoms with Crippen molar-refractivity contribution in [3.63, 3.8) is 0 Å². The fraction of sp³-hybridized carbons (Fsp3) is 0.385. The molecule has 0 heterocycles. The molecular formula is C13H14FNO3. The first-order chi connectivity index (χ1) is 8.56. The third-order valence-electron chi connectivity index (χ3n) is 2.89. The molecule has 5 heteroatoms. The summed E-state index contributed by atoms with van der Waals surface area (Å²) in [7, 11) is 0. The van der Waals surface area contributed by atoms with Gasteiger partial charge < -0.3 is 10.1 Å². The quantitative estimate of drug-likeness (QED) is 0.832. The lowest BCUT2D eigenvalue weighted by molar-refractivity contribution is -0.148. The predicted molar refractivity (Wildman–Crippen MR) is 63.3 cm³/mol. The van der Waals surface area contributed by atoms with Crippen LogP contribution in [0, 0.1) is 17.7 Å². The van der Waals surface area contributed by atoms with E-state index in [1.807, 2.05) is 6.92 Å². The highest BCUT2D eigenvalue weighted by Gasteiger charge is 2.40. The van der Waals surface area contributed by atoms with Gasteiger partial charge >= 0.3 is 5.97 Å². The summed E-state index contributed by atoms with van der Waals surface area (Å²) in [6.45, 7) is 1.66. The van der Waals surface area contributed by atoms with Crippen molar-refractivity contribution in [1.82, 2.24) is 0 Å². The SMILES string of the molecule is C[C@@H]1C[C@@H]1C(=O)OCC(=O)Nc1ccc(F)cc1. The van der Waals surface area contributed by atoms with Gasteiger partial charge in [0.1, 0.15) is 5.82 Å². The number of esters is 1. The number of benzene rings is 1. The first kappa shape index (κ1) is 12.5. The third kappa shape index (κ3) is 3.29. The summed E-state index contributed by atoms with van der Waals surface area (Å²) in [5.41, 5.74) is 0.470. The Balaban J connectivity index is 1.75. The molecule has 18 heavy (non-hydrogen) atoms. The first-order valence-corrected chi connectivity index (χ1v) is 5.78. The van der Waals surface area contributed by atoms with Gasteiger partial charge in [0.25, 0.3) is 5.91 Å². The molecule has 96 valence electrons. The molecule has 0 radical (unpaired) electrons. The van der Waals surface area contributed by atoms with Crippen LogP contribution in [0.15, 0.2) is 24.3 Å². The van der Waals surface area contributed by atoms with Crippen molar-refractivity contribution in [2.75, 3.05) is 11.9 Å². The minimum atomic E-state index is -0.428. The highest BCUT2D eigenvalue weighted by molar-refractivity contribution is 5.93. The lowest BCUT2D eigenvalue weighted by Gasteiger charge is -2.06. The van der Waals surface area contributed by atoms with E-state index < -0.39 is 5.91 Å². The standard InChI is InChI=1S/C13H14FNO3/c1-8-6-11(8)13(17)18-7-12(16)15-10-4-2-9(14)3-5-10/h2-5,8,11H,6-7H2,1H3,(H,15,16)/t8-,11+/m1/s1. The van der Waals surface area contributed by atoms with E-state index in [0.29, 0.717) is 11.6 Å². The molecule has 0 unspecified atom stereocenters. The van der Waals surface area contributed by atoms with Crippen molar-refractivity contribution in [1.29, 1.82) is 0 Å². The Morgan fingerprint density at radius 1 is 1.39 bits per heavy atom. The maximum atomic E-state index is 12.6. The number of rotatable bonds is 4. The van der Waals surface area contributed by atoms with Crippen LogP contribution in [0.25, 0.3) is 0 Å². The van der Waals surface area contributed by atoms with E-state index in [1.165, 1.54) is 24.3 Å². The van der Waals surface area contributed by atoms with Crippen molar-refractivity contribution in [2.24, 2.45) is 11.8 Å². The summed E-state index contributed by atoms with van der Waals surface area (Å²) in [5, 5.41) is 2.51. The zero-order valence-corrected chi connectivity index (χ0v) is 9.98. The van der Waals surface area contributed by atoms with Crippen molar-refractivity contribution in [3.05, 3.63) is 30.1 Å². The topological polar surface area (TPSA) is 55.4 Å². The number of hydrogen-bond donors (Lipinski definition) is 1. The Kier molecular flexibility index (Phi) is 3.60. The van der Waals surface area contributed by atoms with Gasteiger partial charge in [-0.25, -0.2) is 4.39 Å². The average Bonchev–Trinajstić information content (AvgIpc) is 3.06. The predicted octanol–water partition coefficient (Wildman–Crippen LogP) is 1.96. The molecule has 1 aliphatic rings. The van der Waals surface area contributed by atoms with Crippen molar-refractivity contribution < 1.29 is 18.7 Å². The molecule has 0 spiro atoms. The fourth-order valence-electron chi connectivity index (χ4n) is 1.62. The highest BCUT2D eigenvalue weighted by Crippen LogP contribution is 2.38. The highest BCUT2D eigenvalue weighted by atomic mass is 19.1. The molecule has 1 N–H and O–H groups in total. The smallest absolute Gasteiger partial charge is 0.309 e. The van der Waals surface area contributed by atoms with Gasteiger partial charge in [0.2, 0.25) is 0 Å². The van der Waals surface area contributed by atoms with Gasteiger partial charge in [0.15, 0.2) is 6.61 Å². The van der Waals surface area contributed by atoms with Gasteiger partial charge in [-0.2, -0.15) is 0 Å². The largest absolute Gasteiger partial charge is 0.455 e. The number of ether oxygens (including phenoxy) is 1. The molecule has 0 saturated heterocycles. The molecule has 1 saturated carbocycles. The van der Waals surface area contributed by atoms with E-state index in [2.05, 4.69) is 5.32 Å². The molecule has 4 nitrogen and oxygen atoms in total. The van der Waals surface area contributed by atoms with Crippen molar-refractivity contribution >= 4 is 17.6 Å². The average molecular weight is 251 g/mol. The van der Waals surface area contributed by atoms with Crippen LogP contribution in [0.1, 0.15) is 13.3 Å². The van der Waals surface area contributed by atoms with E-state index >= 15 is 0 Å². The molecule has 1 amide bonds. The number of hydrogen-bond acceptors (Lipinski definition) is 3. The number of halogens is 1. The van der Waals surface area contributed by atoms with Crippen LogP contribution in [-0.4, -0.2) is 18.5 Å². The molecule has 0 bridgehead atoms. The molecular weight excluding hydrogens is 237 g/mol. The van der Waals surface area contributed by atoms with Gasteiger partial charge in [-0.3, -0.25) is 9.59 Å². The Bertz CT molecular complexity index is 458. The molecule has 1 aliphatic carbocycles. The Morgan fingerprint density at radius 2 is 2.00 bits per heavy atom. The zero-order valence-electron chi connectivity index (χ0n) is 9.98. The summed E-state index contributed by atoms with van der Waals surface area (Å²) >= 11 is 0. The molecule has 2 atom stereocenters. The maximum Gasteiger partial charge on any atom is 0.309 e. The normalized spacial score (nSPS) is 21.2. The number of nitrogens with one attached hydrogen (secondary N) is 1. The number of amides is 1. The van der Waals surface area contributed by atoms with Crippen LogP contribution < -0.4 is 5.32 Å². The van der Waals surface area contributed by atoms with Gasteiger partial charge in [0.05, 0.1) is 5.92 Å². The molecule has 1 aromatic carbocycles. The second kappa shape index (κ2) is 5.16. The van der Waals surface area contributed by atoms with Crippen LogP contribution >= 0.6 is 0 Å². The van der Waals surface area contributed by atoms with Gasteiger partial charge in [-0.15, -0.1) is 0 Å². The molecule has 2 rings (SSSR count). The lowest BCUT2D eigenvalue weighted by atomic mass is 10.3. The number of anilines is 1. The van der Waals surface area contributed by atoms with E-state index in [9.17, 15) is 14.0 Å². The Morgan fingerprint density at radius 3 is 2.56 bits per heavy atom. The van der Waals surface area contributed by atoms with E-state index in [4.69, 9.17) is 4.74 Å². The summed E-state index contributed by atoms with van der Waals surface area (Å²) in [5.74, 6) is -0.816. The summed E-state index contributed by atoms with van der Waals surface area (Å²) in [6.07, 6.45) is 0.832. The molecule has 0 aromatic heterocycles. The second-order valence-electron chi connectivity index (χ2n) is 4.48. The van der Waals surface area contributed by atoms with Gasteiger partial charge in [0, 0.05) is 5.69 Å². The second-order valence-corrected chi connectivity index (χ2v) is 4.48. The minimum absolute atomic E-state index is 0.0522. The first-order valence-electron chi connectivity index (χ1n) is 5.78. The Hall–Kier alpha value is -1.91. The van der Waals surface area contributed by atoms with Gasteiger partial charge in [-0.05, 0) is 36.6 Å². The molecule has 0 aliphatic heterocycles. The fourth-order valence-corrected chi connectivity index (χ4v) is 1.62.